The molecule has 0 atom stereocenters. The van der Waals surface area contributed by atoms with E-state index in [2.05, 4.69) is 0 Å². The Morgan fingerprint density at radius 2 is 1.70 bits per heavy atom. The zero-order chi connectivity index (χ0) is 21.5. The summed E-state index contributed by atoms with van der Waals surface area (Å²) in [6.07, 6.45) is -0.346. The number of piperazine rings is 1. The van der Waals surface area contributed by atoms with Crippen LogP contribution >= 0.6 is 22.9 Å². The molecule has 1 aliphatic rings. The van der Waals surface area contributed by atoms with Gasteiger partial charge in [-0.05, 0) is 38.3 Å². The standard InChI is InChI=1S/C22H24ClN3O3S/c1-22(2,3)29-21(28)25-11-9-24(10-12-25)20(27)18-16-6-4-5-7-17(16)26(19(18)23)15-8-13-30-14-15/h4-8,13-14H,9-12H2,1-3H3. The van der Waals surface area contributed by atoms with Crippen LogP contribution in [0.5, 0.6) is 0 Å². The molecular weight excluding hydrogens is 422 g/mol. The average molecular weight is 446 g/mol. The van der Waals surface area contributed by atoms with E-state index >= 15 is 0 Å². The first-order valence-corrected chi connectivity index (χ1v) is 11.2. The highest BCUT2D eigenvalue weighted by Crippen LogP contribution is 2.34. The minimum Gasteiger partial charge on any atom is -0.444 e. The molecule has 2 aromatic heterocycles. The first-order valence-electron chi connectivity index (χ1n) is 9.85. The average Bonchev–Trinajstić information content (AvgIpc) is 3.31. The molecule has 0 unspecified atom stereocenters. The molecule has 6 nitrogen and oxygen atoms in total. The summed E-state index contributed by atoms with van der Waals surface area (Å²) in [6, 6.07) is 9.73. The number of ether oxygens (including phenoxy) is 1. The maximum atomic E-state index is 13.4. The SMILES string of the molecule is CC(C)(C)OC(=O)N1CCN(C(=O)c2c(Cl)n(-c3ccsc3)c3ccccc23)CC1. The largest absolute Gasteiger partial charge is 0.444 e. The summed E-state index contributed by atoms with van der Waals surface area (Å²) in [5, 5.41) is 5.23. The summed E-state index contributed by atoms with van der Waals surface area (Å²) in [5.41, 5.74) is 1.80. The molecule has 0 spiro atoms. The molecule has 3 aromatic rings. The smallest absolute Gasteiger partial charge is 0.410 e. The number of hydrogen-bond donors (Lipinski definition) is 0. The van der Waals surface area contributed by atoms with E-state index in [1.54, 1.807) is 21.1 Å². The predicted molar refractivity (Wildman–Crippen MR) is 120 cm³/mol. The van der Waals surface area contributed by atoms with Gasteiger partial charge in [0.1, 0.15) is 10.8 Å². The molecular formula is C22H24ClN3O3S. The monoisotopic (exact) mass is 445 g/mol. The number of nitrogens with zero attached hydrogens (tertiary/aromatic N) is 3. The van der Waals surface area contributed by atoms with E-state index in [9.17, 15) is 9.59 Å². The van der Waals surface area contributed by atoms with Crippen molar-refractivity contribution in [1.82, 2.24) is 14.4 Å². The fourth-order valence-corrected chi connectivity index (χ4v) is 4.62. The lowest BCUT2D eigenvalue weighted by Gasteiger charge is -2.35. The summed E-state index contributed by atoms with van der Waals surface area (Å²) in [7, 11) is 0. The first-order chi connectivity index (χ1) is 14.3. The molecule has 0 radical (unpaired) electrons. The molecule has 4 rings (SSSR count). The lowest BCUT2D eigenvalue weighted by molar-refractivity contribution is 0.0141. The van der Waals surface area contributed by atoms with Crippen molar-refractivity contribution in [2.24, 2.45) is 0 Å². The van der Waals surface area contributed by atoms with Gasteiger partial charge in [-0.2, -0.15) is 11.3 Å². The third kappa shape index (κ3) is 3.91. The molecule has 158 valence electrons. The molecule has 0 saturated carbocycles. The Balaban J connectivity index is 1.58. The van der Waals surface area contributed by atoms with Crippen molar-refractivity contribution in [3.05, 3.63) is 51.8 Å². The summed E-state index contributed by atoms with van der Waals surface area (Å²) in [6.45, 7) is 7.27. The van der Waals surface area contributed by atoms with Crippen LogP contribution in [0.2, 0.25) is 5.15 Å². The third-order valence-corrected chi connectivity index (χ3v) is 6.04. The Bertz CT molecular complexity index is 1080. The molecule has 8 heteroatoms. The summed E-state index contributed by atoms with van der Waals surface area (Å²) < 4.78 is 7.35. The number of amides is 2. The summed E-state index contributed by atoms with van der Waals surface area (Å²) in [4.78, 5) is 29.1. The zero-order valence-corrected chi connectivity index (χ0v) is 18.8. The van der Waals surface area contributed by atoms with Gasteiger partial charge < -0.3 is 14.5 Å². The second-order valence-corrected chi connectivity index (χ2v) is 9.40. The summed E-state index contributed by atoms with van der Waals surface area (Å²) in [5.74, 6) is -0.117. The summed E-state index contributed by atoms with van der Waals surface area (Å²) >= 11 is 8.32. The van der Waals surface area contributed by atoms with Crippen molar-refractivity contribution >= 4 is 45.8 Å². The minimum atomic E-state index is -0.541. The van der Waals surface area contributed by atoms with Gasteiger partial charge in [-0.25, -0.2) is 4.79 Å². The number of para-hydroxylation sites is 1. The number of hydrogen-bond acceptors (Lipinski definition) is 4. The van der Waals surface area contributed by atoms with E-state index in [0.717, 1.165) is 16.6 Å². The van der Waals surface area contributed by atoms with Crippen LogP contribution in [0, 0.1) is 0 Å². The van der Waals surface area contributed by atoms with Gasteiger partial charge in [0, 0.05) is 36.9 Å². The van der Waals surface area contributed by atoms with E-state index in [1.165, 1.54) is 0 Å². The van der Waals surface area contributed by atoms with Crippen molar-refractivity contribution in [2.45, 2.75) is 26.4 Å². The third-order valence-electron chi connectivity index (χ3n) is 5.01. The molecule has 30 heavy (non-hydrogen) atoms. The number of rotatable bonds is 2. The number of carbonyl (C=O) groups is 2. The molecule has 1 aliphatic heterocycles. The van der Waals surface area contributed by atoms with Crippen LogP contribution in [-0.4, -0.2) is 58.1 Å². The lowest BCUT2D eigenvalue weighted by Crippen LogP contribution is -2.51. The molecule has 0 N–H and O–H groups in total. The number of thiophene rings is 1. The molecule has 2 amide bonds. The van der Waals surface area contributed by atoms with Crippen molar-refractivity contribution < 1.29 is 14.3 Å². The van der Waals surface area contributed by atoms with Crippen molar-refractivity contribution in [3.63, 3.8) is 0 Å². The highest BCUT2D eigenvalue weighted by molar-refractivity contribution is 7.08. The van der Waals surface area contributed by atoms with Gasteiger partial charge in [0.15, 0.2) is 0 Å². The highest BCUT2D eigenvalue weighted by Gasteiger charge is 2.31. The quantitative estimate of drug-likeness (QED) is 0.555. The lowest BCUT2D eigenvalue weighted by atomic mass is 10.1. The fraction of sp³-hybridized carbons (Fsp3) is 0.364. The Morgan fingerprint density at radius 3 is 2.33 bits per heavy atom. The van der Waals surface area contributed by atoms with E-state index in [-0.39, 0.29) is 12.0 Å². The van der Waals surface area contributed by atoms with Crippen molar-refractivity contribution in [3.8, 4) is 5.69 Å². The predicted octanol–water partition coefficient (Wildman–Crippen LogP) is 5.04. The zero-order valence-electron chi connectivity index (χ0n) is 17.2. The Morgan fingerprint density at radius 1 is 1.03 bits per heavy atom. The minimum absolute atomic E-state index is 0.117. The molecule has 0 aliphatic carbocycles. The molecule has 1 fully saturated rings. The molecule has 0 bridgehead atoms. The normalized spacial score (nSPS) is 14.9. The van der Waals surface area contributed by atoms with E-state index in [4.69, 9.17) is 16.3 Å². The van der Waals surface area contributed by atoms with Gasteiger partial charge in [0.25, 0.3) is 5.91 Å². The second kappa shape index (κ2) is 7.96. The topological polar surface area (TPSA) is 54.8 Å². The van der Waals surface area contributed by atoms with Gasteiger partial charge >= 0.3 is 6.09 Å². The van der Waals surface area contributed by atoms with Gasteiger partial charge in [0.05, 0.1) is 16.8 Å². The number of fused-ring (bicyclic) bond motifs is 1. The molecule has 3 heterocycles. The van der Waals surface area contributed by atoms with Crippen LogP contribution in [0.1, 0.15) is 31.1 Å². The van der Waals surface area contributed by atoms with Crippen LogP contribution in [0.25, 0.3) is 16.6 Å². The van der Waals surface area contributed by atoms with Crippen LogP contribution in [0.3, 0.4) is 0 Å². The van der Waals surface area contributed by atoms with Crippen molar-refractivity contribution in [1.29, 1.82) is 0 Å². The first kappa shape index (κ1) is 20.8. The van der Waals surface area contributed by atoms with Crippen LogP contribution in [0.4, 0.5) is 4.79 Å². The van der Waals surface area contributed by atoms with Crippen LogP contribution < -0.4 is 0 Å². The van der Waals surface area contributed by atoms with Gasteiger partial charge in [-0.15, -0.1) is 0 Å². The van der Waals surface area contributed by atoms with Crippen LogP contribution in [-0.2, 0) is 4.74 Å². The van der Waals surface area contributed by atoms with Gasteiger partial charge in [-0.1, -0.05) is 29.8 Å². The van der Waals surface area contributed by atoms with Gasteiger partial charge in [0.2, 0.25) is 0 Å². The molecule has 1 saturated heterocycles. The number of benzene rings is 1. The second-order valence-electron chi connectivity index (χ2n) is 8.26. The maximum absolute atomic E-state index is 13.4. The number of carbonyl (C=O) groups excluding carboxylic acids is 2. The van der Waals surface area contributed by atoms with Crippen LogP contribution in [0.15, 0.2) is 41.1 Å². The number of halogens is 1. The van der Waals surface area contributed by atoms with E-state index in [1.807, 2.05) is 66.4 Å². The Hall–Kier alpha value is -2.51. The molecule has 1 aromatic carbocycles. The van der Waals surface area contributed by atoms with Crippen molar-refractivity contribution in [2.75, 3.05) is 26.2 Å². The number of aromatic nitrogens is 1. The van der Waals surface area contributed by atoms with E-state index < -0.39 is 5.60 Å². The Labute approximate surface area is 184 Å². The maximum Gasteiger partial charge on any atom is 0.410 e. The van der Waals surface area contributed by atoms with E-state index in [0.29, 0.717) is 36.9 Å². The highest BCUT2D eigenvalue weighted by atomic mass is 35.5. The fourth-order valence-electron chi connectivity index (χ4n) is 3.63. The Kier molecular flexibility index (Phi) is 5.51. The van der Waals surface area contributed by atoms with Gasteiger partial charge in [-0.3, -0.25) is 9.36 Å².